The number of pyridine rings is 1. The number of nitrogens with zero attached hydrogens (tertiary/aromatic N) is 3. The number of thiophene rings is 1. The summed E-state index contributed by atoms with van der Waals surface area (Å²) in [4.78, 5) is 21.3. The van der Waals surface area contributed by atoms with Crippen molar-refractivity contribution in [2.75, 3.05) is 31.1 Å². The van der Waals surface area contributed by atoms with Gasteiger partial charge in [-0.05, 0) is 38.3 Å². The highest BCUT2D eigenvalue weighted by atomic mass is 32.1. The maximum absolute atomic E-state index is 12.2. The highest BCUT2D eigenvalue weighted by Crippen LogP contribution is 2.30. The van der Waals surface area contributed by atoms with E-state index >= 15 is 0 Å². The van der Waals surface area contributed by atoms with Crippen LogP contribution in [0, 0.1) is 0 Å². The number of fused-ring (bicyclic) bond motifs is 1. The van der Waals surface area contributed by atoms with E-state index in [2.05, 4.69) is 37.6 Å². The van der Waals surface area contributed by atoms with Crippen molar-refractivity contribution in [2.45, 2.75) is 32.9 Å². The van der Waals surface area contributed by atoms with Gasteiger partial charge in [0, 0.05) is 38.4 Å². The zero-order chi connectivity index (χ0) is 16.4. The largest absolute Gasteiger partial charge is 0.368 e. The van der Waals surface area contributed by atoms with Gasteiger partial charge in [0.25, 0.3) is 0 Å². The van der Waals surface area contributed by atoms with Crippen LogP contribution in [0.25, 0.3) is 10.2 Å². The van der Waals surface area contributed by atoms with Crippen molar-refractivity contribution in [3.63, 3.8) is 0 Å². The Balaban J connectivity index is 1.64. The number of anilines is 1. The molecule has 0 saturated carbocycles. The highest BCUT2D eigenvalue weighted by Gasteiger charge is 2.26. The number of hydrogen-bond donors (Lipinski definition) is 1. The average Bonchev–Trinajstić information content (AvgIpc) is 3.02. The van der Waals surface area contributed by atoms with Crippen LogP contribution >= 0.6 is 11.3 Å². The van der Waals surface area contributed by atoms with Crippen LogP contribution in [0.3, 0.4) is 0 Å². The zero-order valence-corrected chi connectivity index (χ0v) is 14.8. The van der Waals surface area contributed by atoms with E-state index in [1.54, 1.807) is 11.3 Å². The minimum absolute atomic E-state index is 0.0706. The van der Waals surface area contributed by atoms with Crippen molar-refractivity contribution in [1.82, 2.24) is 15.2 Å². The van der Waals surface area contributed by atoms with Crippen molar-refractivity contribution in [1.29, 1.82) is 0 Å². The summed E-state index contributed by atoms with van der Waals surface area (Å²) in [5.74, 6) is 0.123. The van der Waals surface area contributed by atoms with Crippen LogP contribution in [0.5, 0.6) is 0 Å². The van der Waals surface area contributed by atoms with Crippen molar-refractivity contribution in [3.05, 3.63) is 23.7 Å². The van der Waals surface area contributed by atoms with Crippen LogP contribution in [0.1, 0.15) is 20.8 Å². The van der Waals surface area contributed by atoms with Gasteiger partial charge in [-0.3, -0.25) is 14.7 Å². The van der Waals surface area contributed by atoms with E-state index in [1.165, 1.54) is 10.4 Å². The summed E-state index contributed by atoms with van der Waals surface area (Å²) < 4.78 is 1.26. The molecule has 1 fully saturated rings. The van der Waals surface area contributed by atoms with Crippen molar-refractivity contribution < 1.29 is 4.79 Å². The van der Waals surface area contributed by atoms with Gasteiger partial charge in [0.15, 0.2) is 0 Å². The minimum Gasteiger partial charge on any atom is -0.368 e. The summed E-state index contributed by atoms with van der Waals surface area (Å²) in [7, 11) is 0. The predicted octanol–water partition coefficient (Wildman–Crippen LogP) is 2.33. The second kappa shape index (κ2) is 6.84. The monoisotopic (exact) mass is 332 g/mol. The third-order valence-corrected chi connectivity index (χ3v) is 5.26. The molecular formula is C17H24N4OS. The summed E-state index contributed by atoms with van der Waals surface area (Å²) in [5.41, 5.74) is 2.34. The molecule has 1 aliphatic rings. The van der Waals surface area contributed by atoms with Crippen LogP contribution in [0.2, 0.25) is 0 Å². The Morgan fingerprint density at radius 2 is 1.96 bits per heavy atom. The SMILES string of the molecule is CC(C)NC(=O)C(C)N1CCN(c2ccnc3ccsc23)CC1. The van der Waals surface area contributed by atoms with E-state index < -0.39 is 0 Å². The molecule has 0 aliphatic carbocycles. The minimum atomic E-state index is -0.0706. The first-order chi connectivity index (χ1) is 11.1. The molecule has 2 aromatic heterocycles. The summed E-state index contributed by atoms with van der Waals surface area (Å²) in [5, 5.41) is 5.10. The topological polar surface area (TPSA) is 48.5 Å². The van der Waals surface area contributed by atoms with Gasteiger partial charge in [0.05, 0.1) is 21.9 Å². The van der Waals surface area contributed by atoms with Crippen LogP contribution in [-0.2, 0) is 4.79 Å². The van der Waals surface area contributed by atoms with Crippen molar-refractivity contribution >= 4 is 33.1 Å². The normalized spacial score (nSPS) is 17.7. The lowest BCUT2D eigenvalue weighted by Crippen LogP contribution is -2.54. The Bertz CT molecular complexity index is 676. The van der Waals surface area contributed by atoms with Gasteiger partial charge in [0.2, 0.25) is 5.91 Å². The molecule has 124 valence electrons. The molecule has 6 heteroatoms. The smallest absolute Gasteiger partial charge is 0.237 e. The Morgan fingerprint density at radius 3 is 2.65 bits per heavy atom. The lowest BCUT2D eigenvalue weighted by Gasteiger charge is -2.38. The van der Waals surface area contributed by atoms with E-state index in [9.17, 15) is 4.79 Å². The maximum Gasteiger partial charge on any atom is 0.237 e. The molecule has 0 spiro atoms. The van der Waals surface area contributed by atoms with Crippen molar-refractivity contribution in [2.24, 2.45) is 0 Å². The second-order valence-corrected chi connectivity index (χ2v) is 7.24. The fraction of sp³-hybridized carbons (Fsp3) is 0.529. The highest BCUT2D eigenvalue weighted by molar-refractivity contribution is 7.17. The number of nitrogens with one attached hydrogen (secondary N) is 1. The van der Waals surface area contributed by atoms with Crippen LogP contribution in [0.4, 0.5) is 5.69 Å². The summed E-state index contributed by atoms with van der Waals surface area (Å²) >= 11 is 1.74. The Labute approximate surface area is 141 Å². The number of piperazine rings is 1. The van der Waals surface area contributed by atoms with Gasteiger partial charge in [-0.2, -0.15) is 0 Å². The van der Waals surface area contributed by atoms with Crippen LogP contribution in [-0.4, -0.2) is 54.1 Å². The number of hydrogen-bond acceptors (Lipinski definition) is 5. The second-order valence-electron chi connectivity index (χ2n) is 6.33. The molecule has 1 unspecified atom stereocenters. The molecular weight excluding hydrogens is 308 g/mol. The molecule has 5 nitrogen and oxygen atoms in total. The lowest BCUT2D eigenvalue weighted by molar-refractivity contribution is -0.126. The Kier molecular flexibility index (Phi) is 4.82. The molecule has 1 saturated heterocycles. The fourth-order valence-electron chi connectivity index (χ4n) is 3.03. The summed E-state index contributed by atoms with van der Waals surface area (Å²) in [6.45, 7) is 9.68. The van der Waals surface area contributed by atoms with Gasteiger partial charge in [-0.25, -0.2) is 0 Å². The van der Waals surface area contributed by atoms with Gasteiger partial charge in [-0.15, -0.1) is 11.3 Å². The third kappa shape index (κ3) is 3.48. The van der Waals surface area contributed by atoms with E-state index in [-0.39, 0.29) is 18.0 Å². The molecule has 23 heavy (non-hydrogen) atoms. The van der Waals surface area contributed by atoms with E-state index in [4.69, 9.17) is 0 Å². The average molecular weight is 332 g/mol. The first-order valence-corrected chi connectivity index (χ1v) is 9.06. The van der Waals surface area contributed by atoms with E-state index in [0.29, 0.717) is 0 Å². The Morgan fingerprint density at radius 1 is 1.22 bits per heavy atom. The molecule has 2 aromatic rings. The molecule has 3 heterocycles. The van der Waals surface area contributed by atoms with Gasteiger partial charge in [-0.1, -0.05) is 0 Å². The molecule has 0 radical (unpaired) electrons. The number of carbonyl (C=O) groups is 1. The molecule has 0 bridgehead atoms. The summed E-state index contributed by atoms with van der Waals surface area (Å²) in [6, 6.07) is 4.29. The first kappa shape index (κ1) is 16.2. The number of aromatic nitrogens is 1. The number of amides is 1. The Hall–Kier alpha value is -1.66. The maximum atomic E-state index is 12.2. The van der Waals surface area contributed by atoms with Gasteiger partial charge < -0.3 is 10.2 Å². The summed E-state index contributed by atoms with van der Waals surface area (Å²) in [6.07, 6.45) is 1.88. The van der Waals surface area contributed by atoms with E-state index in [1.807, 2.05) is 27.0 Å². The quantitative estimate of drug-likeness (QED) is 0.933. The molecule has 1 aliphatic heterocycles. The van der Waals surface area contributed by atoms with Gasteiger partial charge >= 0.3 is 0 Å². The van der Waals surface area contributed by atoms with Crippen LogP contribution in [0.15, 0.2) is 23.7 Å². The van der Waals surface area contributed by atoms with Crippen molar-refractivity contribution in [3.8, 4) is 0 Å². The standard InChI is InChI=1S/C17H24N4OS/c1-12(2)19-17(22)13(3)20-7-9-21(10-8-20)15-4-6-18-14-5-11-23-16(14)15/h4-6,11-13H,7-10H2,1-3H3,(H,19,22). The molecule has 1 N–H and O–H groups in total. The first-order valence-electron chi connectivity index (χ1n) is 8.18. The molecule has 1 amide bonds. The predicted molar refractivity (Wildman–Crippen MR) is 96.1 cm³/mol. The molecule has 3 rings (SSSR count). The van der Waals surface area contributed by atoms with Crippen LogP contribution < -0.4 is 10.2 Å². The third-order valence-electron chi connectivity index (χ3n) is 4.34. The molecule has 0 aromatic carbocycles. The van der Waals surface area contributed by atoms with E-state index in [0.717, 1.165) is 31.7 Å². The fourth-order valence-corrected chi connectivity index (χ4v) is 3.92. The lowest BCUT2D eigenvalue weighted by atomic mass is 10.2. The van der Waals surface area contributed by atoms with Gasteiger partial charge in [0.1, 0.15) is 0 Å². The number of rotatable bonds is 4. The molecule has 1 atom stereocenters. The number of carbonyl (C=O) groups excluding carboxylic acids is 1. The zero-order valence-electron chi connectivity index (χ0n) is 14.0.